The van der Waals surface area contributed by atoms with Gasteiger partial charge in [0.15, 0.2) is 6.61 Å². The number of hydrogen-bond acceptors (Lipinski definition) is 4. The highest BCUT2D eigenvalue weighted by molar-refractivity contribution is 5.78. The van der Waals surface area contributed by atoms with Gasteiger partial charge in [0.05, 0.1) is 6.54 Å². The molecule has 1 aliphatic heterocycles. The van der Waals surface area contributed by atoms with E-state index in [4.69, 9.17) is 4.74 Å². The first-order valence-electron chi connectivity index (χ1n) is 9.65. The Bertz CT molecular complexity index is 895. The molecule has 1 fully saturated rings. The fourth-order valence-electron chi connectivity index (χ4n) is 3.67. The summed E-state index contributed by atoms with van der Waals surface area (Å²) in [4.78, 5) is 23.3. The smallest absolute Gasteiger partial charge is 0.260 e. The molecule has 6 heteroatoms. The second-order valence-electron chi connectivity index (χ2n) is 7.06. The molecule has 0 spiro atoms. The van der Waals surface area contributed by atoms with Crippen LogP contribution in [0.5, 0.6) is 5.75 Å². The Morgan fingerprint density at radius 3 is 2.86 bits per heavy atom. The summed E-state index contributed by atoms with van der Waals surface area (Å²) in [5, 5.41) is 0. The Balaban J connectivity index is 1.39. The fraction of sp³-hybridized carbons (Fsp3) is 0.318. The number of imidazole rings is 1. The number of likely N-dealkylation sites (tertiary alicyclic amines) is 1. The van der Waals surface area contributed by atoms with Gasteiger partial charge >= 0.3 is 0 Å². The predicted molar refractivity (Wildman–Crippen MR) is 106 cm³/mol. The molecule has 28 heavy (non-hydrogen) atoms. The van der Waals surface area contributed by atoms with E-state index in [9.17, 15) is 4.79 Å². The number of aromatic nitrogens is 3. The number of para-hydroxylation sites is 1. The first kappa shape index (κ1) is 18.2. The summed E-state index contributed by atoms with van der Waals surface area (Å²) in [7, 11) is 0. The summed E-state index contributed by atoms with van der Waals surface area (Å²) in [6.45, 7) is 2.27. The summed E-state index contributed by atoms with van der Waals surface area (Å²) >= 11 is 0. The maximum Gasteiger partial charge on any atom is 0.260 e. The van der Waals surface area contributed by atoms with Crippen molar-refractivity contribution >= 4 is 5.91 Å². The molecule has 0 aliphatic carbocycles. The van der Waals surface area contributed by atoms with Crippen LogP contribution in [-0.2, 0) is 11.3 Å². The van der Waals surface area contributed by atoms with E-state index in [1.165, 1.54) is 0 Å². The predicted octanol–water partition coefficient (Wildman–Crippen LogP) is 3.11. The van der Waals surface area contributed by atoms with Gasteiger partial charge in [-0.1, -0.05) is 24.3 Å². The minimum atomic E-state index is 0.0268. The highest BCUT2D eigenvalue weighted by Gasteiger charge is 2.27. The molecule has 0 N–H and O–H groups in total. The lowest BCUT2D eigenvalue weighted by Gasteiger charge is -2.32. The van der Waals surface area contributed by atoms with Gasteiger partial charge in [-0.25, -0.2) is 4.98 Å². The van der Waals surface area contributed by atoms with E-state index in [2.05, 4.69) is 20.6 Å². The topological polar surface area (TPSA) is 60.2 Å². The van der Waals surface area contributed by atoms with Crippen molar-refractivity contribution < 1.29 is 9.53 Å². The van der Waals surface area contributed by atoms with Crippen molar-refractivity contribution in [2.24, 2.45) is 0 Å². The van der Waals surface area contributed by atoms with Crippen molar-refractivity contribution in [3.05, 3.63) is 78.6 Å². The zero-order chi connectivity index (χ0) is 19.2. The SMILES string of the molecule is O=C(COc1ccccc1)N1CCC[C@H](c2nccn2Cc2cccnc2)C1. The zero-order valence-electron chi connectivity index (χ0n) is 15.8. The largest absolute Gasteiger partial charge is 0.484 e. The minimum Gasteiger partial charge on any atom is -0.484 e. The average Bonchev–Trinajstić information content (AvgIpc) is 3.22. The summed E-state index contributed by atoms with van der Waals surface area (Å²) in [6.07, 6.45) is 9.50. The van der Waals surface area contributed by atoms with Gasteiger partial charge in [-0.15, -0.1) is 0 Å². The fourth-order valence-corrected chi connectivity index (χ4v) is 3.67. The number of hydrogen-bond donors (Lipinski definition) is 0. The Morgan fingerprint density at radius 2 is 2.04 bits per heavy atom. The van der Waals surface area contributed by atoms with Crippen LogP contribution in [0.3, 0.4) is 0 Å². The molecule has 0 unspecified atom stereocenters. The summed E-state index contributed by atoms with van der Waals surface area (Å²) in [5.74, 6) is 2.02. The van der Waals surface area contributed by atoms with Crippen LogP contribution in [0.1, 0.15) is 30.1 Å². The highest BCUT2D eigenvalue weighted by Crippen LogP contribution is 2.26. The van der Waals surface area contributed by atoms with Gasteiger partial charge in [0, 0.05) is 43.8 Å². The number of benzene rings is 1. The Labute approximate surface area is 164 Å². The Morgan fingerprint density at radius 1 is 1.14 bits per heavy atom. The lowest BCUT2D eigenvalue weighted by atomic mass is 9.97. The molecule has 3 heterocycles. The van der Waals surface area contributed by atoms with Gasteiger partial charge < -0.3 is 14.2 Å². The van der Waals surface area contributed by atoms with E-state index in [0.29, 0.717) is 6.54 Å². The highest BCUT2D eigenvalue weighted by atomic mass is 16.5. The molecular weight excluding hydrogens is 352 g/mol. The third-order valence-electron chi connectivity index (χ3n) is 5.07. The van der Waals surface area contributed by atoms with Gasteiger partial charge in [-0.2, -0.15) is 0 Å². The second kappa shape index (κ2) is 8.69. The number of ether oxygens (including phenoxy) is 1. The molecule has 1 aromatic carbocycles. The van der Waals surface area contributed by atoms with Crippen molar-refractivity contribution in [2.75, 3.05) is 19.7 Å². The summed E-state index contributed by atoms with van der Waals surface area (Å²) in [6, 6.07) is 13.5. The molecule has 1 saturated heterocycles. The minimum absolute atomic E-state index is 0.0268. The van der Waals surface area contributed by atoms with Gasteiger partial charge in [-0.05, 0) is 36.6 Å². The Hall–Kier alpha value is -3.15. The van der Waals surface area contributed by atoms with Crippen LogP contribution in [0.4, 0.5) is 0 Å². The van der Waals surface area contributed by atoms with E-state index in [-0.39, 0.29) is 18.4 Å². The van der Waals surface area contributed by atoms with Crippen LogP contribution in [0.2, 0.25) is 0 Å². The monoisotopic (exact) mass is 376 g/mol. The molecule has 1 aliphatic rings. The molecule has 1 atom stereocenters. The zero-order valence-corrected chi connectivity index (χ0v) is 15.8. The average molecular weight is 376 g/mol. The molecule has 2 aromatic heterocycles. The van der Waals surface area contributed by atoms with Crippen LogP contribution in [0.25, 0.3) is 0 Å². The molecule has 144 valence electrons. The lowest BCUT2D eigenvalue weighted by Crippen LogP contribution is -2.42. The molecule has 3 aromatic rings. The van der Waals surface area contributed by atoms with E-state index < -0.39 is 0 Å². The quantitative estimate of drug-likeness (QED) is 0.663. The van der Waals surface area contributed by atoms with Gasteiger partial charge in [0.2, 0.25) is 0 Å². The van der Waals surface area contributed by atoms with E-state index >= 15 is 0 Å². The third-order valence-corrected chi connectivity index (χ3v) is 5.07. The molecule has 0 bridgehead atoms. The van der Waals surface area contributed by atoms with Crippen molar-refractivity contribution in [2.45, 2.75) is 25.3 Å². The molecule has 0 radical (unpaired) electrons. The maximum absolute atomic E-state index is 12.6. The molecule has 1 amide bonds. The van der Waals surface area contributed by atoms with Crippen LogP contribution in [0.15, 0.2) is 67.3 Å². The van der Waals surface area contributed by atoms with Gasteiger partial charge in [-0.3, -0.25) is 9.78 Å². The van der Waals surface area contributed by atoms with Crippen LogP contribution < -0.4 is 4.74 Å². The second-order valence-corrected chi connectivity index (χ2v) is 7.06. The normalized spacial score (nSPS) is 16.7. The lowest BCUT2D eigenvalue weighted by molar-refractivity contribution is -0.134. The van der Waals surface area contributed by atoms with E-state index in [1.54, 1.807) is 6.20 Å². The van der Waals surface area contributed by atoms with E-state index in [0.717, 1.165) is 43.1 Å². The van der Waals surface area contributed by atoms with Crippen molar-refractivity contribution in [3.8, 4) is 5.75 Å². The van der Waals surface area contributed by atoms with E-state index in [1.807, 2.05) is 59.9 Å². The first-order chi connectivity index (χ1) is 13.8. The number of carbonyl (C=O) groups is 1. The number of amides is 1. The molecule has 6 nitrogen and oxygen atoms in total. The Kier molecular flexibility index (Phi) is 5.66. The molecule has 4 rings (SSSR count). The molecule has 0 saturated carbocycles. The van der Waals surface area contributed by atoms with Gasteiger partial charge in [0.25, 0.3) is 5.91 Å². The third kappa shape index (κ3) is 4.39. The number of nitrogens with zero attached hydrogens (tertiary/aromatic N) is 4. The van der Waals surface area contributed by atoms with Crippen LogP contribution in [-0.4, -0.2) is 45.0 Å². The maximum atomic E-state index is 12.6. The van der Waals surface area contributed by atoms with Gasteiger partial charge in [0.1, 0.15) is 11.6 Å². The van der Waals surface area contributed by atoms with Crippen LogP contribution in [0, 0.1) is 0 Å². The van der Waals surface area contributed by atoms with Crippen molar-refractivity contribution in [1.82, 2.24) is 19.4 Å². The summed E-state index contributed by atoms with van der Waals surface area (Å²) < 4.78 is 7.79. The number of pyridine rings is 1. The first-order valence-corrected chi connectivity index (χ1v) is 9.65. The summed E-state index contributed by atoms with van der Waals surface area (Å²) in [5.41, 5.74) is 1.14. The van der Waals surface area contributed by atoms with Crippen molar-refractivity contribution in [1.29, 1.82) is 0 Å². The molecular formula is C22H24N4O2. The van der Waals surface area contributed by atoms with Crippen molar-refractivity contribution in [3.63, 3.8) is 0 Å². The number of carbonyl (C=O) groups excluding carboxylic acids is 1. The van der Waals surface area contributed by atoms with Crippen LogP contribution >= 0.6 is 0 Å². The number of piperidine rings is 1. The number of rotatable bonds is 6. The standard InChI is InChI=1S/C22H24N4O2/c27-21(17-28-20-8-2-1-3-9-20)25-12-5-7-19(16-25)22-24-11-13-26(22)15-18-6-4-10-23-14-18/h1-4,6,8-11,13-14,19H,5,7,12,15-17H2/t19-/m0/s1.